The SMILES string of the molecule is Cn1nccc1C(=O)N1CCC(c2cncc(Oc3cccnc3)n2)CC1. The van der Waals surface area contributed by atoms with Crippen molar-refractivity contribution < 1.29 is 9.53 Å². The highest BCUT2D eigenvalue weighted by Crippen LogP contribution is 2.28. The van der Waals surface area contributed by atoms with Crippen LogP contribution in [-0.2, 0) is 7.05 Å². The van der Waals surface area contributed by atoms with Crippen molar-refractivity contribution in [3.63, 3.8) is 0 Å². The summed E-state index contributed by atoms with van der Waals surface area (Å²) in [6.45, 7) is 1.37. The van der Waals surface area contributed by atoms with Crippen LogP contribution < -0.4 is 4.74 Å². The normalized spacial score (nSPS) is 14.9. The zero-order valence-electron chi connectivity index (χ0n) is 15.0. The summed E-state index contributed by atoms with van der Waals surface area (Å²) in [5.74, 6) is 1.35. The minimum absolute atomic E-state index is 0.0215. The minimum Gasteiger partial charge on any atom is -0.436 e. The molecule has 1 amide bonds. The maximum Gasteiger partial charge on any atom is 0.272 e. The molecule has 3 aromatic rings. The lowest BCUT2D eigenvalue weighted by Crippen LogP contribution is -2.38. The predicted molar refractivity (Wildman–Crippen MR) is 97.4 cm³/mol. The molecule has 0 unspecified atom stereocenters. The van der Waals surface area contributed by atoms with Crippen LogP contribution in [0, 0.1) is 0 Å². The maximum absolute atomic E-state index is 12.6. The van der Waals surface area contributed by atoms with E-state index in [0.29, 0.717) is 30.4 Å². The Bertz CT molecular complexity index is 919. The molecule has 1 fully saturated rings. The molecule has 0 N–H and O–H groups in total. The molecule has 8 nitrogen and oxygen atoms in total. The summed E-state index contributed by atoms with van der Waals surface area (Å²) in [6, 6.07) is 5.38. The second-order valence-electron chi connectivity index (χ2n) is 6.48. The van der Waals surface area contributed by atoms with Crippen molar-refractivity contribution in [3.8, 4) is 11.6 Å². The van der Waals surface area contributed by atoms with Crippen LogP contribution in [0.1, 0.15) is 34.9 Å². The average molecular weight is 364 g/mol. The Hall–Kier alpha value is -3.29. The van der Waals surface area contributed by atoms with E-state index in [9.17, 15) is 4.79 Å². The zero-order chi connectivity index (χ0) is 18.6. The van der Waals surface area contributed by atoms with Gasteiger partial charge in [-0.1, -0.05) is 0 Å². The number of rotatable bonds is 4. The van der Waals surface area contributed by atoms with Crippen LogP contribution in [0.4, 0.5) is 0 Å². The predicted octanol–water partition coefficient (Wildman–Crippen LogP) is 2.42. The third-order valence-electron chi connectivity index (χ3n) is 4.73. The smallest absolute Gasteiger partial charge is 0.272 e. The molecule has 8 heteroatoms. The number of aromatic nitrogens is 5. The largest absolute Gasteiger partial charge is 0.436 e. The summed E-state index contributed by atoms with van der Waals surface area (Å²) < 4.78 is 7.33. The van der Waals surface area contributed by atoms with E-state index in [2.05, 4.69) is 20.1 Å². The molecular weight excluding hydrogens is 344 g/mol. The lowest BCUT2D eigenvalue weighted by Gasteiger charge is -2.31. The van der Waals surface area contributed by atoms with Crippen LogP contribution in [0.3, 0.4) is 0 Å². The molecule has 0 aliphatic carbocycles. The van der Waals surface area contributed by atoms with Gasteiger partial charge >= 0.3 is 0 Å². The van der Waals surface area contributed by atoms with E-state index in [0.717, 1.165) is 18.5 Å². The van der Waals surface area contributed by atoms with Crippen LogP contribution >= 0.6 is 0 Å². The standard InChI is InChI=1S/C19H20N6O2/c1-24-17(4-8-22-24)19(26)25-9-5-14(6-10-25)16-12-21-13-18(23-16)27-15-3-2-7-20-11-15/h2-4,7-8,11-14H,5-6,9-10H2,1H3. The fourth-order valence-electron chi connectivity index (χ4n) is 3.26. The Labute approximate surface area is 156 Å². The minimum atomic E-state index is 0.0215. The number of likely N-dealkylation sites (tertiary alicyclic amines) is 1. The maximum atomic E-state index is 12.6. The number of aryl methyl sites for hydroxylation is 1. The number of carbonyl (C=O) groups is 1. The Morgan fingerprint density at radius 1 is 1.11 bits per heavy atom. The molecular formula is C19H20N6O2. The van der Waals surface area contributed by atoms with Crippen molar-refractivity contribution in [1.29, 1.82) is 0 Å². The lowest BCUT2D eigenvalue weighted by atomic mass is 9.93. The van der Waals surface area contributed by atoms with E-state index in [-0.39, 0.29) is 11.8 Å². The average Bonchev–Trinajstić information content (AvgIpc) is 3.14. The summed E-state index contributed by atoms with van der Waals surface area (Å²) in [5.41, 5.74) is 1.50. The molecule has 1 saturated heterocycles. The van der Waals surface area contributed by atoms with E-state index in [1.165, 1.54) is 0 Å². The van der Waals surface area contributed by atoms with Crippen LogP contribution in [0.15, 0.2) is 49.2 Å². The molecule has 0 aromatic carbocycles. The Morgan fingerprint density at radius 3 is 2.67 bits per heavy atom. The molecule has 1 aliphatic heterocycles. The summed E-state index contributed by atoms with van der Waals surface area (Å²) in [5, 5.41) is 4.07. The van der Waals surface area contributed by atoms with Gasteiger partial charge in [0.05, 0.1) is 18.1 Å². The fourth-order valence-corrected chi connectivity index (χ4v) is 3.26. The van der Waals surface area contributed by atoms with Gasteiger partial charge in [-0.25, -0.2) is 4.98 Å². The summed E-state index contributed by atoms with van der Waals surface area (Å²) in [4.78, 5) is 27.4. The van der Waals surface area contributed by atoms with Crippen LogP contribution in [0.2, 0.25) is 0 Å². The van der Waals surface area contributed by atoms with Crippen LogP contribution in [0.25, 0.3) is 0 Å². The number of nitrogens with zero attached hydrogens (tertiary/aromatic N) is 6. The van der Waals surface area contributed by atoms with Gasteiger partial charge in [0.2, 0.25) is 5.88 Å². The van der Waals surface area contributed by atoms with Gasteiger partial charge in [-0.3, -0.25) is 19.4 Å². The van der Waals surface area contributed by atoms with Gasteiger partial charge in [0.1, 0.15) is 11.4 Å². The number of ether oxygens (including phenoxy) is 1. The zero-order valence-corrected chi connectivity index (χ0v) is 15.0. The van der Waals surface area contributed by atoms with E-state index in [1.54, 1.807) is 48.8 Å². The molecule has 0 atom stereocenters. The molecule has 4 rings (SSSR count). The van der Waals surface area contributed by atoms with Crippen molar-refractivity contribution in [3.05, 3.63) is 60.6 Å². The third-order valence-corrected chi connectivity index (χ3v) is 4.73. The molecule has 4 heterocycles. The molecule has 3 aromatic heterocycles. The lowest BCUT2D eigenvalue weighted by molar-refractivity contribution is 0.0700. The summed E-state index contributed by atoms with van der Waals surface area (Å²) in [7, 11) is 1.78. The second kappa shape index (κ2) is 7.53. The van der Waals surface area contributed by atoms with Crippen LogP contribution in [0.5, 0.6) is 11.6 Å². The first kappa shape index (κ1) is 17.1. The summed E-state index contributed by atoms with van der Waals surface area (Å²) >= 11 is 0. The molecule has 1 aliphatic rings. The molecule has 27 heavy (non-hydrogen) atoms. The number of carbonyl (C=O) groups excluding carboxylic acids is 1. The van der Waals surface area contributed by atoms with Gasteiger partial charge in [0.15, 0.2) is 0 Å². The van der Waals surface area contributed by atoms with Crippen molar-refractivity contribution in [2.24, 2.45) is 7.05 Å². The number of pyridine rings is 1. The topological polar surface area (TPSA) is 86.0 Å². The molecule has 0 spiro atoms. The number of hydrogen-bond acceptors (Lipinski definition) is 6. The van der Waals surface area contributed by atoms with Gasteiger partial charge in [-0.05, 0) is 31.0 Å². The third kappa shape index (κ3) is 3.79. The number of piperidine rings is 1. The van der Waals surface area contributed by atoms with E-state index in [4.69, 9.17) is 4.74 Å². The van der Waals surface area contributed by atoms with Crippen molar-refractivity contribution in [1.82, 2.24) is 29.6 Å². The van der Waals surface area contributed by atoms with Gasteiger partial charge < -0.3 is 9.64 Å². The van der Waals surface area contributed by atoms with Gasteiger partial charge in [-0.15, -0.1) is 0 Å². The van der Waals surface area contributed by atoms with Gasteiger partial charge in [-0.2, -0.15) is 5.10 Å². The molecule has 0 radical (unpaired) electrons. The first-order valence-corrected chi connectivity index (χ1v) is 8.88. The highest BCUT2D eigenvalue weighted by molar-refractivity contribution is 5.92. The second-order valence-corrected chi connectivity index (χ2v) is 6.48. The first-order chi connectivity index (χ1) is 13.2. The van der Waals surface area contributed by atoms with Crippen molar-refractivity contribution in [2.75, 3.05) is 13.1 Å². The van der Waals surface area contributed by atoms with Crippen molar-refractivity contribution in [2.45, 2.75) is 18.8 Å². The monoisotopic (exact) mass is 364 g/mol. The van der Waals surface area contributed by atoms with Crippen LogP contribution in [-0.4, -0.2) is 48.6 Å². The fraction of sp³-hybridized carbons (Fsp3) is 0.316. The Morgan fingerprint density at radius 2 is 1.96 bits per heavy atom. The highest BCUT2D eigenvalue weighted by Gasteiger charge is 2.27. The van der Waals surface area contributed by atoms with E-state index >= 15 is 0 Å². The number of hydrogen-bond donors (Lipinski definition) is 0. The Balaban J connectivity index is 1.40. The Kier molecular flexibility index (Phi) is 4.78. The van der Waals surface area contributed by atoms with Gasteiger partial charge in [0.25, 0.3) is 5.91 Å². The van der Waals surface area contributed by atoms with E-state index < -0.39 is 0 Å². The van der Waals surface area contributed by atoms with Gasteiger partial charge in [0, 0.05) is 44.6 Å². The highest BCUT2D eigenvalue weighted by atomic mass is 16.5. The first-order valence-electron chi connectivity index (χ1n) is 8.88. The molecule has 138 valence electrons. The number of amides is 1. The van der Waals surface area contributed by atoms with Crippen molar-refractivity contribution >= 4 is 5.91 Å². The van der Waals surface area contributed by atoms with E-state index in [1.807, 2.05) is 17.0 Å². The molecule has 0 bridgehead atoms. The molecule has 0 saturated carbocycles. The quantitative estimate of drug-likeness (QED) is 0.707. The summed E-state index contributed by atoms with van der Waals surface area (Å²) in [6.07, 6.45) is 10.0.